The average molecular weight is 413 g/mol. The van der Waals surface area contributed by atoms with Crippen molar-refractivity contribution >= 4 is 28.3 Å². The Labute approximate surface area is 184 Å². The zero-order valence-electron chi connectivity index (χ0n) is 19.0. The molecule has 4 rings (SSSR count). The van der Waals surface area contributed by atoms with Gasteiger partial charge in [-0.1, -0.05) is 70.2 Å². The van der Waals surface area contributed by atoms with Crippen molar-refractivity contribution in [3.05, 3.63) is 82.2 Å². The second-order valence-electron chi connectivity index (χ2n) is 9.26. The number of aryl methyl sites for hydroxylation is 1. The third-order valence-electron chi connectivity index (χ3n) is 6.05. The topological polar surface area (TPSA) is 52.0 Å². The Morgan fingerprint density at radius 1 is 1.13 bits per heavy atom. The van der Waals surface area contributed by atoms with Crippen molar-refractivity contribution in [3.63, 3.8) is 0 Å². The van der Waals surface area contributed by atoms with E-state index in [4.69, 9.17) is 10.2 Å². The van der Waals surface area contributed by atoms with Gasteiger partial charge in [-0.15, -0.1) is 0 Å². The van der Waals surface area contributed by atoms with Gasteiger partial charge in [-0.25, -0.2) is 4.98 Å². The molecule has 0 spiro atoms. The van der Waals surface area contributed by atoms with Gasteiger partial charge in [0.2, 0.25) is 5.71 Å². The highest BCUT2D eigenvalue weighted by atomic mass is 16.3. The number of aromatic nitrogens is 1. The summed E-state index contributed by atoms with van der Waals surface area (Å²) in [5.74, 6) is 0. The zero-order chi connectivity index (χ0) is 22.0. The number of pyridine rings is 1. The predicted octanol–water partition coefficient (Wildman–Crippen LogP) is 5.36. The molecule has 3 nitrogen and oxygen atoms in total. The van der Waals surface area contributed by atoms with Gasteiger partial charge in [0.05, 0.1) is 0 Å². The standard InChI is InChI=1S/C28H32N2O/c1-5-23-16-17-25-24-11-7-9-20(26(24)31-27(25)30-23)8-6-10-21(18-29)19-12-14-22(15-13-19)28(2,3)4/h6,10-18H,5,7-9,29H2,1-4H3/b10-6-,21-18+. The number of hydrogen-bond donors (Lipinski definition) is 1. The molecule has 1 aliphatic carbocycles. The monoisotopic (exact) mass is 412 g/mol. The van der Waals surface area contributed by atoms with Crippen molar-refractivity contribution in [1.29, 1.82) is 0 Å². The Morgan fingerprint density at radius 3 is 2.58 bits per heavy atom. The Morgan fingerprint density at radius 2 is 1.90 bits per heavy atom. The van der Waals surface area contributed by atoms with Crippen molar-refractivity contribution in [2.45, 2.75) is 58.8 Å². The Hall–Kier alpha value is -3.07. The van der Waals surface area contributed by atoms with Crippen LogP contribution in [0.3, 0.4) is 0 Å². The Balaban J connectivity index is 1.60. The van der Waals surface area contributed by atoms with Crippen molar-refractivity contribution in [2.75, 3.05) is 0 Å². The fourth-order valence-electron chi connectivity index (χ4n) is 4.14. The first kappa shape index (κ1) is 21.2. The highest BCUT2D eigenvalue weighted by molar-refractivity contribution is 5.77. The van der Waals surface area contributed by atoms with Crippen LogP contribution < -0.4 is 16.4 Å². The van der Waals surface area contributed by atoms with E-state index in [2.05, 4.69) is 87.3 Å². The number of furan rings is 1. The summed E-state index contributed by atoms with van der Waals surface area (Å²) in [6, 6.07) is 12.9. The summed E-state index contributed by atoms with van der Waals surface area (Å²) in [7, 11) is 0. The summed E-state index contributed by atoms with van der Waals surface area (Å²) >= 11 is 0. The molecule has 0 bridgehead atoms. The van der Waals surface area contributed by atoms with Gasteiger partial charge in [0, 0.05) is 22.5 Å². The first-order valence-corrected chi connectivity index (χ1v) is 11.2. The lowest BCUT2D eigenvalue weighted by Crippen LogP contribution is -2.25. The first-order valence-electron chi connectivity index (χ1n) is 11.2. The summed E-state index contributed by atoms with van der Waals surface area (Å²) < 4.78 is 6.21. The maximum atomic E-state index is 6.21. The van der Waals surface area contributed by atoms with Crippen LogP contribution in [-0.4, -0.2) is 4.98 Å². The fraction of sp³-hybridized carbons (Fsp3) is 0.321. The molecule has 160 valence electrons. The quantitative estimate of drug-likeness (QED) is 0.574. The minimum Gasteiger partial charge on any atom is -0.438 e. The number of allylic oxidation sites excluding steroid dienone is 3. The summed E-state index contributed by atoms with van der Waals surface area (Å²) in [5.41, 5.74) is 13.7. The molecular formula is C28H32N2O. The zero-order valence-corrected chi connectivity index (χ0v) is 19.0. The molecule has 0 amide bonds. The number of rotatable bonds is 5. The van der Waals surface area contributed by atoms with Gasteiger partial charge in [-0.2, -0.15) is 0 Å². The van der Waals surface area contributed by atoms with E-state index in [9.17, 15) is 0 Å². The Kier molecular flexibility index (Phi) is 5.86. The van der Waals surface area contributed by atoms with E-state index in [0.29, 0.717) is 0 Å². The van der Waals surface area contributed by atoms with Crippen LogP contribution in [0.5, 0.6) is 0 Å². The number of fused-ring (bicyclic) bond motifs is 3. The van der Waals surface area contributed by atoms with Gasteiger partial charge in [-0.3, -0.25) is 0 Å². The molecule has 0 unspecified atom stereocenters. The summed E-state index contributed by atoms with van der Waals surface area (Å²) in [6.07, 6.45) is 12.1. The predicted molar refractivity (Wildman–Crippen MR) is 131 cm³/mol. The van der Waals surface area contributed by atoms with E-state index in [1.165, 1.54) is 16.4 Å². The van der Waals surface area contributed by atoms with Crippen molar-refractivity contribution in [1.82, 2.24) is 4.98 Å². The molecule has 0 fully saturated rings. The molecule has 0 atom stereocenters. The van der Waals surface area contributed by atoms with Crippen LogP contribution in [0.25, 0.3) is 28.3 Å². The van der Waals surface area contributed by atoms with Crippen LogP contribution in [0.4, 0.5) is 0 Å². The first-order chi connectivity index (χ1) is 14.9. The van der Waals surface area contributed by atoms with Gasteiger partial charge >= 0.3 is 0 Å². The maximum absolute atomic E-state index is 6.21. The average Bonchev–Trinajstić information content (AvgIpc) is 3.15. The third kappa shape index (κ3) is 4.36. The summed E-state index contributed by atoms with van der Waals surface area (Å²) in [6.45, 7) is 8.80. The van der Waals surface area contributed by atoms with Crippen molar-refractivity contribution in [2.24, 2.45) is 5.73 Å². The van der Waals surface area contributed by atoms with E-state index in [0.717, 1.165) is 59.0 Å². The largest absolute Gasteiger partial charge is 0.438 e. The minimum absolute atomic E-state index is 0.145. The van der Waals surface area contributed by atoms with E-state index in [1.54, 1.807) is 6.20 Å². The van der Waals surface area contributed by atoms with Crippen molar-refractivity contribution < 1.29 is 4.42 Å². The van der Waals surface area contributed by atoms with Crippen LogP contribution >= 0.6 is 0 Å². The number of hydrogen-bond acceptors (Lipinski definition) is 3. The van der Waals surface area contributed by atoms with E-state index in [1.807, 2.05) is 0 Å². The number of benzene rings is 1. The SMILES string of the molecule is CCc1ccc2c3c(oc2n1)=C(C/C=C\C(=C/N)c1ccc(C(C)(C)C)cc1)CCC=3. The minimum atomic E-state index is 0.145. The molecule has 3 aromatic rings. The molecule has 0 radical (unpaired) electrons. The highest BCUT2D eigenvalue weighted by Crippen LogP contribution is 2.25. The van der Waals surface area contributed by atoms with Gasteiger partial charge in [0.1, 0.15) is 5.42 Å². The van der Waals surface area contributed by atoms with Crippen LogP contribution in [0.2, 0.25) is 0 Å². The van der Waals surface area contributed by atoms with Gasteiger partial charge < -0.3 is 10.2 Å². The third-order valence-corrected chi connectivity index (χ3v) is 6.05. The Bertz CT molecular complexity index is 1270. The van der Waals surface area contributed by atoms with Gasteiger partial charge in [-0.05, 0) is 65.5 Å². The van der Waals surface area contributed by atoms with E-state index in [-0.39, 0.29) is 5.41 Å². The van der Waals surface area contributed by atoms with Crippen LogP contribution in [0, 0.1) is 0 Å². The lowest BCUT2D eigenvalue weighted by Gasteiger charge is -2.19. The molecule has 1 aliphatic rings. The van der Waals surface area contributed by atoms with E-state index >= 15 is 0 Å². The van der Waals surface area contributed by atoms with Crippen LogP contribution in [0.15, 0.2) is 59.2 Å². The van der Waals surface area contributed by atoms with Gasteiger partial charge in [0.15, 0.2) is 0 Å². The molecule has 31 heavy (non-hydrogen) atoms. The van der Waals surface area contributed by atoms with Gasteiger partial charge in [0.25, 0.3) is 0 Å². The van der Waals surface area contributed by atoms with Crippen LogP contribution in [-0.2, 0) is 11.8 Å². The summed E-state index contributed by atoms with van der Waals surface area (Å²) in [4.78, 5) is 4.68. The molecule has 2 N–H and O–H groups in total. The fourth-order valence-corrected chi connectivity index (χ4v) is 4.14. The van der Waals surface area contributed by atoms with E-state index < -0.39 is 0 Å². The normalized spacial score (nSPS) is 14.8. The molecule has 0 saturated carbocycles. The summed E-state index contributed by atoms with van der Waals surface area (Å²) in [5, 5.41) is 2.32. The molecule has 0 saturated heterocycles. The lowest BCUT2D eigenvalue weighted by atomic mass is 9.86. The molecular weight excluding hydrogens is 380 g/mol. The molecule has 2 aromatic heterocycles. The number of nitrogens with zero attached hydrogens (tertiary/aromatic N) is 1. The number of nitrogens with two attached hydrogens (primary N) is 1. The second-order valence-corrected chi connectivity index (χ2v) is 9.26. The molecule has 0 aliphatic heterocycles. The van der Waals surface area contributed by atoms with Crippen LogP contribution in [0.1, 0.15) is 63.8 Å². The molecule has 2 heterocycles. The maximum Gasteiger partial charge on any atom is 0.227 e. The molecule has 1 aromatic carbocycles. The second kappa shape index (κ2) is 8.58. The molecule has 3 heteroatoms. The lowest BCUT2D eigenvalue weighted by molar-refractivity contribution is 0.554. The smallest absolute Gasteiger partial charge is 0.227 e. The highest BCUT2D eigenvalue weighted by Gasteiger charge is 2.14. The van der Waals surface area contributed by atoms with Crippen molar-refractivity contribution in [3.8, 4) is 0 Å².